The lowest BCUT2D eigenvalue weighted by Gasteiger charge is -2.36. The fourth-order valence-corrected chi connectivity index (χ4v) is 4.16. The molecule has 2 aliphatic heterocycles. The molecule has 0 aromatic heterocycles. The number of hydrogen-bond donors (Lipinski definition) is 0. The number of ether oxygens (including phenoxy) is 2. The molecular formula is C15H16O3. The molecule has 4 atom stereocenters. The van der Waals surface area contributed by atoms with Crippen LogP contribution in [0, 0.1) is 11.8 Å². The zero-order valence-corrected chi connectivity index (χ0v) is 10.4. The largest absolute Gasteiger partial charge is 0.349 e. The molecule has 4 rings (SSSR count). The van der Waals surface area contributed by atoms with E-state index in [0.29, 0.717) is 11.8 Å². The Balaban J connectivity index is 1.98. The summed E-state index contributed by atoms with van der Waals surface area (Å²) >= 11 is 0. The molecule has 1 aliphatic carbocycles. The summed E-state index contributed by atoms with van der Waals surface area (Å²) in [5, 5.41) is 0. The summed E-state index contributed by atoms with van der Waals surface area (Å²) in [4.78, 5) is 12.5. The molecule has 0 amide bonds. The van der Waals surface area contributed by atoms with Gasteiger partial charge in [-0.2, -0.15) is 0 Å². The summed E-state index contributed by atoms with van der Waals surface area (Å²) in [7, 11) is 1.70. The molecule has 0 spiro atoms. The van der Waals surface area contributed by atoms with Gasteiger partial charge in [0.2, 0.25) is 0 Å². The second-order valence-electron chi connectivity index (χ2n) is 5.52. The highest BCUT2D eigenvalue weighted by molar-refractivity contribution is 6.02. The van der Waals surface area contributed by atoms with Crippen molar-refractivity contribution in [3.05, 3.63) is 35.4 Å². The predicted octanol–water partition coefficient (Wildman–Crippen LogP) is 2.50. The zero-order valence-electron chi connectivity index (χ0n) is 10.4. The van der Waals surface area contributed by atoms with E-state index in [-0.39, 0.29) is 11.9 Å². The van der Waals surface area contributed by atoms with Gasteiger partial charge in [0.15, 0.2) is 11.6 Å². The molecule has 18 heavy (non-hydrogen) atoms. The minimum Gasteiger partial charge on any atom is -0.349 e. The van der Waals surface area contributed by atoms with Crippen LogP contribution in [-0.2, 0) is 15.3 Å². The van der Waals surface area contributed by atoms with E-state index in [4.69, 9.17) is 9.47 Å². The van der Waals surface area contributed by atoms with Crippen molar-refractivity contribution in [3.8, 4) is 0 Å². The van der Waals surface area contributed by atoms with E-state index in [9.17, 15) is 4.79 Å². The van der Waals surface area contributed by atoms with Gasteiger partial charge in [0, 0.05) is 30.1 Å². The molecule has 3 aliphatic rings. The number of carbonyl (C=O) groups excluding carboxylic acids is 1. The van der Waals surface area contributed by atoms with Gasteiger partial charge >= 0.3 is 0 Å². The monoisotopic (exact) mass is 244 g/mol. The van der Waals surface area contributed by atoms with Crippen LogP contribution in [0.1, 0.15) is 35.2 Å². The molecule has 1 aromatic carbocycles. The van der Waals surface area contributed by atoms with E-state index < -0.39 is 5.79 Å². The van der Waals surface area contributed by atoms with Gasteiger partial charge in [-0.3, -0.25) is 4.79 Å². The summed E-state index contributed by atoms with van der Waals surface area (Å²) < 4.78 is 11.9. The average Bonchev–Trinajstić information content (AvgIpc) is 2.98. The highest BCUT2D eigenvalue weighted by Crippen LogP contribution is 2.58. The van der Waals surface area contributed by atoms with Crippen molar-refractivity contribution < 1.29 is 14.3 Å². The molecule has 2 fully saturated rings. The van der Waals surface area contributed by atoms with Gasteiger partial charge in [-0.1, -0.05) is 30.7 Å². The van der Waals surface area contributed by atoms with Crippen LogP contribution in [0.15, 0.2) is 24.3 Å². The highest BCUT2D eigenvalue weighted by atomic mass is 16.7. The number of methoxy groups -OCH3 is 1. The first-order valence-corrected chi connectivity index (χ1v) is 6.64. The number of hydrogen-bond acceptors (Lipinski definition) is 3. The Hall–Kier alpha value is -1.19. The van der Waals surface area contributed by atoms with Crippen molar-refractivity contribution >= 4 is 5.78 Å². The topological polar surface area (TPSA) is 35.5 Å². The first-order chi connectivity index (χ1) is 8.78. The van der Waals surface area contributed by atoms with Gasteiger partial charge in [-0.25, -0.2) is 0 Å². The maximum Gasteiger partial charge on any atom is 0.199 e. The Kier molecular flexibility index (Phi) is 2.04. The van der Waals surface area contributed by atoms with Crippen LogP contribution in [0.2, 0.25) is 0 Å². The van der Waals surface area contributed by atoms with Crippen LogP contribution in [0.3, 0.4) is 0 Å². The minimum atomic E-state index is -0.670. The van der Waals surface area contributed by atoms with Crippen LogP contribution >= 0.6 is 0 Å². The van der Waals surface area contributed by atoms with Crippen LogP contribution in [-0.4, -0.2) is 19.0 Å². The molecule has 2 bridgehead atoms. The van der Waals surface area contributed by atoms with Crippen molar-refractivity contribution in [1.29, 1.82) is 0 Å². The Bertz CT molecular complexity index is 524. The number of fused-ring (bicyclic) bond motifs is 7. The first-order valence-electron chi connectivity index (χ1n) is 6.64. The SMILES string of the molecule is CO[C@@]12O[C@@H](C(=O)c3ccccc31)[C@H]1CCC[C@H]12. The van der Waals surface area contributed by atoms with E-state index in [1.54, 1.807) is 7.11 Å². The summed E-state index contributed by atoms with van der Waals surface area (Å²) in [6, 6.07) is 7.76. The lowest BCUT2D eigenvalue weighted by Crippen LogP contribution is -2.41. The molecule has 1 saturated carbocycles. The number of benzene rings is 1. The fraction of sp³-hybridized carbons (Fsp3) is 0.533. The van der Waals surface area contributed by atoms with Gasteiger partial charge in [-0.05, 0) is 12.8 Å². The second kappa shape index (κ2) is 3.43. The fourth-order valence-electron chi connectivity index (χ4n) is 4.16. The van der Waals surface area contributed by atoms with E-state index in [1.165, 1.54) is 6.42 Å². The summed E-state index contributed by atoms with van der Waals surface area (Å²) in [6.07, 6.45) is 3.07. The summed E-state index contributed by atoms with van der Waals surface area (Å²) in [6.45, 7) is 0. The third-order valence-corrected chi connectivity index (χ3v) is 4.88. The normalized spacial score (nSPS) is 40.7. The molecule has 0 unspecified atom stereocenters. The Labute approximate surface area is 106 Å². The average molecular weight is 244 g/mol. The van der Waals surface area contributed by atoms with E-state index in [1.807, 2.05) is 24.3 Å². The maximum absolute atomic E-state index is 12.5. The smallest absolute Gasteiger partial charge is 0.199 e. The molecule has 0 N–H and O–H groups in total. The van der Waals surface area contributed by atoms with E-state index in [0.717, 1.165) is 24.0 Å². The maximum atomic E-state index is 12.5. The van der Waals surface area contributed by atoms with Crippen molar-refractivity contribution in [2.75, 3.05) is 7.11 Å². The van der Waals surface area contributed by atoms with Crippen LogP contribution in [0.4, 0.5) is 0 Å². The van der Waals surface area contributed by atoms with Gasteiger partial charge in [0.1, 0.15) is 6.10 Å². The number of carbonyl (C=O) groups is 1. The Morgan fingerprint density at radius 3 is 3.00 bits per heavy atom. The third kappa shape index (κ3) is 1.05. The van der Waals surface area contributed by atoms with Gasteiger partial charge < -0.3 is 9.47 Å². The van der Waals surface area contributed by atoms with Crippen LogP contribution in [0.5, 0.6) is 0 Å². The quantitative estimate of drug-likeness (QED) is 0.761. The lowest BCUT2D eigenvalue weighted by atomic mass is 9.87. The molecule has 94 valence electrons. The zero-order chi connectivity index (χ0) is 12.3. The summed E-state index contributed by atoms with van der Waals surface area (Å²) in [5.74, 6) is 0.147. The standard InChI is InChI=1S/C15H16O3/c1-17-15-11-7-3-2-5-9(11)13(16)14(18-15)10-6-4-8-12(10)15/h2-3,5,7,10,12,14H,4,6,8H2,1H3/t10-,12+,14+,15+/m0/s1. The Morgan fingerprint density at radius 2 is 2.17 bits per heavy atom. The molecule has 0 radical (unpaired) electrons. The molecule has 2 heterocycles. The summed E-state index contributed by atoms with van der Waals surface area (Å²) in [5.41, 5.74) is 1.73. The number of Topliss-reactive ketones (excluding diaryl/α,β-unsaturated/α-hetero) is 1. The van der Waals surface area contributed by atoms with Gasteiger partial charge in [0.05, 0.1) is 0 Å². The second-order valence-corrected chi connectivity index (χ2v) is 5.52. The number of ketones is 1. The van der Waals surface area contributed by atoms with Crippen LogP contribution in [0.25, 0.3) is 0 Å². The Morgan fingerprint density at radius 1 is 1.33 bits per heavy atom. The minimum absolute atomic E-state index is 0.146. The highest BCUT2D eigenvalue weighted by Gasteiger charge is 2.63. The lowest BCUT2D eigenvalue weighted by molar-refractivity contribution is -0.238. The van der Waals surface area contributed by atoms with Crippen molar-refractivity contribution in [1.82, 2.24) is 0 Å². The number of rotatable bonds is 1. The molecular weight excluding hydrogens is 228 g/mol. The molecule has 1 aromatic rings. The van der Waals surface area contributed by atoms with E-state index in [2.05, 4.69) is 0 Å². The van der Waals surface area contributed by atoms with Gasteiger partial charge in [0.25, 0.3) is 0 Å². The molecule has 3 heteroatoms. The van der Waals surface area contributed by atoms with Crippen molar-refractivity contribution in [2.24, 2.45) is 11.8 Å². The molecule has 1 saturated heterocycles. The van der Waals surface area contributed by atoms with E-state index >= 15 is 0 Å². The van der Waals surface area contributed by atoms with Gasteiger partial charge in [-0.15, -0.1) is 0 Å². The van der Waals surface area contributed by atoms with Crippen molar-refractivity contribution in [2.45, 2.75) is 31.2 Å². The van der Waals surface area contributed by atoms with Crippen LogP contribution < -0.4 is 0 Å². The van der Waals surface area contributed by atoms with Crippen molar-refractivity contribution in [3.63, 3.8) is 0 Å². The first kappa shape index (κ1) is 10.7. The third-order valence-electron chi connectivity index (χ3n) is 4.88. The predicted molar refractivity (Wildman–Crippen MR) is 65.2 cm³/mol. The molecule has 3 nitrogen and oxygen atoms in total.